The Bertz CT molecular complexity index is 256. The maximum absolute atomic E-state index is 2.54. The molecule has 0 aromatic rings. The molecule has 1 nitrogen and oxygen atoms in total. The third-order valence-corrected chi connectivity index (χ3v) is 4.43. The number of hydrogen-bond acceptors (Lipinski definition) is 1. The van der Waals surface area contributed by atoms with E-state index in [4.69, 9.17) is 0 Å². The zero-order valence-corrected chi connectivity index (χ0v) is 10.0. The van der Waals surface area contributed by atoms with Crippen molar-refractivity contribution < 1.29 is 0 Å². The van der Waals surface area contributed by atoms with E-state index in [1.807, 2.05) is 0 Å². The Morgan fingerprint density at radius 3 is 2.71 bits per heavy atom. The minimum absolute atomic E-state index is 0.564. The Morgan fingerprint density at radius 2 is 2.29 bits per heavy atom. The van der Waals surface area contributed by atoms with Gasteiger partial charge in [-0.2, -0.15) is 0 Å². The molecule has 14 heavy (non-hydrogen) atoms. The highest BCUT2D eigenvalue weighted by molar-refractivity contribution is 5.22. The Kier molecular flexibility index (Phi) is 2.46. The minimum Gasteiger partial charge on any atom is -0.306 e. The van der Waals surface area contributed by atoms with Crippen LogP contribution in [0.15, 0.2) is 11.6 Å². The van der Waals surface area contributed by atoms with Gasteiger partial charge in [-0.25, -0.2) is 0 Å². The van der Waals surface area contributed by atoms with Gasteiger partial charge in [0.05, 0.1) is 0 Å². The maximum Gasteiger partial charge on any atom is 0.00380 e. The molecule has 1 heteroatoms. The number of nitrogens with zero attached hydrogens (tertiary/aromatic N) is 1. The second-order valence-electron chi connectivity index (χ2n) is 5.64. The first-order valence-electron chi connectivity index (χ1n) is 5.92. The van der Waals surface area contributed by atoms with Crippen molar-refractivity contribution >= 4 is 0 Å². The van der Waals surface area contributed by atoms with Crippen molar-refractivity contribution in [3.63, 3.8) is 0 Å². The highest BCUT2D eigenvalue weighted by Gasteiger charge is 2.47. The zero-order chi connectivity index (χ0) is 10.3. The molecule has 0 N–H and O–H groups in total. The first kappa shape index (κ1) is 10.2. The minimum atomic E-state index is 0.564. The molecule has 0 saturated heterocycles. The van der Waals surface area contributed by atoms with Gasteiger partial charge in [0.25, 0.3) is 0 Å². The van der Waals surface area contributed by atoms with Gasteiger partial charge in [0.1, 0.15) is 0 Å². The molecular formula is C13H23N. The van der Waals surface area contributed by atoms with Crippen LogP contribution in [0.25, 0.3) is 0 Å². The van der Waals surface area contributed by atoms with Crippen LogP contribution in [0.3, 0.4) is 0 Å². The van der Waals surface area contributed by atoms with Gasteiger partial charge >= 0.3 is 0 Å². The molecule has 2 aliphatic carbocycles. The summed E-state index contributed by atoms with van der Waals surface area (Å²) in [6, 6.07) is 0. The molecule has 0 amide bonds. The fourth-order valence-electron chi connectivity index (χ4n) is 3.37. The van der Waals surface area contributed by atoms with Crippen molar-refractivity contribution in [2.75, 3.05) is 20.1 Å². The van der Waals surface area contributed by atoms with Crippen LogP contribution in [0.4, 0.5) is 0 Å². The van der Waals surface area contributed by atoms with Gasteiger partial charge in [-0.1, -0.05) is 25.5 Å². The van der Waals surface area contributed by atoms with Gasteiger partial charge in [-0.15, -0.1) is 0 Å². The first-order valence-corrected chi connectivity index (χ1v) is 5.92. The van der Waals surface area contributed by atoms with Gasteiger partial charge in [-0.05, 0) is 50.6 Å². The molecule has 2 bridgehead atoms. The van der Waals surface area contributed by atoms with Crippen LogP contribution < -0.4 is 0 Å². The summed E-state index contributed by atoms with van der Waals surface area (Å²) in [4.78, 5) is 2.46. The van der Waals surface area contributed by atoms with Gasteiger partial charge in [0.15, 0.2) is 0 Å². The van der Waals surface area contributed by atoms with E-state index in [0.717, 1.165) is 11.8 Å². The molecule has 3 unspecified atom stereocenters. The van der Waals surface area contributed by atoms with Crippen molar-refractivity contribution in [2.24, 2.45) is 17.3 Å². The van der Waals surface area contributed by atoms with Crippen LogP contribution in [0, 0.1) is 17.3 Å². The molecule has 1 fully saturated rings. The molecule has 2 rings (SSSR count). The van der Waals surface area contributed by atoms with E-state index in [1.165, 1.54) is 25.9 Å². The Hall–Kier alpha value is -0.300. The van der Waals surface area contributed by atoms with Gasteiger partial charge in [0, 0.05) is 6.54 Å². The largest absolute Gasteiger partial charge is 0.306 e. The second-order valence-corrected chi connectivity index (χ2v) is 5.64. The van der Waals surface area contributed by atoms with Gasteiger partial charge < -0.3 is 4.90 Å². The Morgan fingerprint density at radius 1 is 1.57 bits per heavy atom. The van der Waals surface area contributed by atoms with E-state index in [9.17, 15) is 0 Å². The normalized spacial score (nSPS) is 40.8. The van der Waals surface area contributed by atoms with E-state index in [-0.39, 0.29) is 0 Å². The molecule has 0 spiro atoms. The predicted octanol–water partition coefficient (Wildman–Crippen LogP) is 2.93. The van der Waals surface area contributed by atoms with Crippen molar-refractivity contribution in [2.45, 2.75) is 33.6 Å². The Labute approximate surface area is 88.2 Å². The molecule has 80 valence electrons. The predicted molar refractivity (Wildman–Crippen MR) is 61.2 cm³/mol. The average molecular weight is 193 g/mol. The van der Waals surface area contributed by atoms with Crippen LogP contribution in [-0.4, -0.2) is 25.0 Å². The summed E-state index contributed by atoms with van der Waals surface area (Å²) in [6.45, 7) is 9.49. The number of hydrogen-bond donors (Lipinski definition) is 0. The Balaban J connectivity index is 2.06. The van der Waals surface area contributed by atoms with Crippen LogP contribution in [0.5, 0.6) is 0 Å². The van der Waals surface area contributed by atoms with Crippen molar-refractivity contribution in [3.8, 4) is 0 Å². The van der Waals surface area contributed by atoms with Crippen molar-refractivity contribution in [1.82, 2.24) is 4.90 Å². The van der Waals surface area contributed by atoms with E-state index in [2.05, 4.69) is 38.8 Å². The monoisotopic (exact) mass is 193 g/mol. The van der Waals surface area contributed by atoms with Crippen LogP contribution in [0.1, 0.15) is 33.6 Å². The highest BCUT2D eigenvalue weighted by atomic mass is 15.1. The summed E-state index contributed by atoms with van der Waals surface area (Å²) in [5.74, 6) is 1.77. The van der Waals surface area contributed by atoms with E-state index < -0.39 is 0 Å². The molecule has 1 saturated carbocycles. The second kappa shape index (κ2) is 3.37. The topological polar surface area (TPSA) is 3.24 Å². The maximum atomic E-state index is 2.54. The van der Waals surface area contributed by atoms with E-state index in [0.29, 0.717) is 5.41 Å². The summed E-state index contributed by atoms with van der Waals surface area (Å²) in [5, 5.41) is 0. The number of fused-ring (bicyclic) bond motifs is 2. The van der Waals surface area contributed by atoms with Crippen molar-refractivity contribution in [1.29, 1.82) is 0 Å². The van der Waals surface area contributed by atoms with Gasteiger partial charge in [0.2, 0.25) is 0 Å². The van der Waals surface area contributed by atoms with Crippen LogP contribution in [-0.2, 0) is 0 Å². The quantitative estimate of drug-likeness (QED) is 0.623. The van der Waals surface area contributed by atoms with E-state index in [1.54, 1.807) is 5.57 Å². The lowest BCUT2D eigenvalue weighted by atomic mass is 9.76. The standard InChI is InChI=1S/C13H23N/c1-5-14(4)9-13(3)8-11-7-12(13)6-10(11)2/h6,11-12H,5,7-9H2,1-4H3. The van der Waals surface area contributed by atoms with Crippen molar-refractivity contribution in [3.05, 3.63) is 11.6 Å². The molecule has 3 atom stereocenters. The lowest BCUT2D eigenvalue weighted by Crippen LogP contribution is -2.36. The van der Waals surface area contributed by atoms with Crippen LogP contribution in [0.2, 0.25) is 0 Å². The molecule has 0 heterocycles. The van der Waals surface area contributed by atoms with Gasteiger partial charge in [-0.3, -0.25) is 0 Å². The molecule has 0 aliphatic heterocycles. The number of allylic oxidation sites excluding steroid dienone is 2. The zero-order valence-electron chi connectivity index (χ0n) is 10.0. The summed E-state index contributed by atoms with van der Waals surface area (Å²) in [6.07, 6.45) is 5.39. The lowest BCUT2D eigenvalue weighted by molar-refractivity contribution is 0.163. The third kappa shape index (κ3) is 1.52. The SMILES string of the molecule is CCN(C)CC1(C)CC2CC1C=C2C. The smallest absolute Gasteiger partial charge is 0.00380 e. The fraction of sp³-hybridized carbons (Fsp3) is 0.846. The molecule has 0 aromatic carbocycles. The molecule has 2 aliphatic rings. The fourth-order valence-corrected chi connectivity index (χ4v) is 3.37. The highest BCUT2D eigenvalue weighted by Crippen LogP contribution is 2.54. The summed E-state index contributed by atoms with van der Waals surface area (Å²) >= 11 is 0. The third-order valence-electron chi connectivity index (χ3n) is 4.43. The lowest BCUT2D eigenvalue weighted by Gasteiger charge is -2.36. The summed E-state index contributed by atoms with van der Waals surface area (Å²) < 4.78 is 0. The van der Waals surface area contributed by atoms with E-state index >= 15 is 0 Å². The number of rotatable bonds is 3. The summed E-state index contributed by atoms with van der Waals surface area (Å²) in [7, 11) is 2.24. The first-order chi connectivity index (χ1) is 6.55. The molecule has 0 aromatic heterocycles. The molecular weight excluding hydrogens is 170 g/mol. The average Bonchev–Trinajstić information content (AvgIpc) is 2.60. The summed E-state index contributed by atoms with van der Waals surface area (Å²) in [5.41, 5.74) is 2.22. The van der Waals surface area contributed by atoms with Crippen LogP contribution >= 0.6 is 0 Å². The molecule has 0 radical (unpaired) electrons.